The van der Waals surface area contributed by atoms with Crippen LogP contribution in [0, 0.1) is 6.92 Å². The molecule has 2 aromatic carbocycles. The highest BCUT2D eigenvalue weighted by molar-refractivity contribution is 8.01. The molecule has 1 atom stereocenters. The standard InChI is InChI=1S/C22H22N4O2S/c1-14-4-2-3-5-17(14)24-22-23-13-15-6-7-18-16(20(15)25-22)12-19(29-18)21(27)26-8-10-28-11-9-26/h2-7,13,19H,8-12H2,1H3,(H,23,24,25). The van der Waals surface area contributed by atoms with E-state index in [2.05, 4.69) is 29.4 Å². The number of hydrogen-bond acceptors (Lipinski definition) is 6. The first-order chi connectivity index (χ1) is 14.2. The third-order valence-electron chi connectivity index (χ3n) is 5.46. The number of morpholine rings is 1. The van der Waals surface area contributed by atoms with E-state index in [0.29, 0.717) is 38.7 Å². The summed E-state index contributed by atoms with van der Waals surface area (Å²) in [6, 6.07) is 12.2. The minimum atomic E-state index is -0.0866. The average molecular weight is 407 g/mol. The topological polar surface area (TPSA) is 67.4 Å². The molecule has 5 rings (SSSR count). The third-order valence-corrected chi connectivity index (χ3v) is 6.75. The summed E-state index contributed by atoms with van der Waals surface area (Å²) in [7, 11) is 0. The van der Waals surface area contributed by atoms with Crippen LogP contribution in [0.4, 0.5) is 11.6 Å². The molecule has 0 aliphatic carbocycles. The highest BCUT2D eigenvalue weighted by Crippen LogP contribution is 2.41. The molecule has 2 aliphatic heterocycles. The Morgan fingerprint density at radius 2 is 2.03 bits per heavy atom. The highest BCUT2D eigenvalue weighted by atomic mass is 32.2. The Labute approximate surface area is 173 Å². The molecular weight excluding hydrogens is 384 g/mol. The fraction of sp³-hybridized carbons (Fsp3) is 0.318. The zero-order chi connectivity index (χ0) is 19.8. The van der Waals surface area contributed by atoms with Crippen LogP contribution in [-0.4, -0.2) is 52.3 Å². The number of amides is 1. The van der Waals surface area contributed by atoms with Gasteiger partial charge in [-0.1, -0.05) is 24.3 Å². The van der Waals surface area contributed by atoms with Crippen molar-refractivity contribution in [3.05, 3.63) is 53.7 Å². The molecule has 1 unspecified atom stereocenters. The van der Waals surface area contributed by atoms with Gasteiger partial charge >= 0.3 is 0 Å². The Morgan fingerprint density at radius 3 is 2.86 bits per heavy atom. The molecule has 1 saturated heterocycles. The molecule has 3 aromatic rings. The number of thioether (sulfide) groups is 1. The van der Waals surface area contributed by atoms with E-state index in [1.165, 1.54) is 0 Å². The van der Waals surface area contributed by atoms with Crippen LogP contribution in [0.3, 0.4) is 0 Å². The molecule has 2 aliphatic rings. The molecule has 6 nitrogen and oxygen atoms in total. The van der Waals surface area contributed by atoms with Gasteiger partial charge in [-0.15, -0.1) is 11.8 Å². The summed E-state index contributed by atoms with van der Waals surface area (Å²) < 4.78 is 5.38. The summed E-state index contributed by atoms with van der Waals surface area (Å²) >= 11 is 1.65. The summed E-state index contributed by atoms with van der Waals surface area (Å²) in [5, 5.41) is 4.24. The van der Waals surface area contributed by atoms with Gasteiger partial charge in [0.15, 0.2) is 0 Å². The molecule has 0 saturated carbocycles. The van der Waals surface area contributed by atoms with Gasteiger partial charge in [-0.05, 0) is 36.6 Å². The maximum atomic E-state index is 13.0. The van der Waals surface area contributed by atoms with Gasteiger partial charge < -0.3 is 15.0 Å². The van der Waals surface area contributed by atoms with Gasteiger partial charge in [-0.25, -0.2) is 9.97 Å². The number of para-hydroxylation sites is 1. The minimum absolute atomic E-state index is 0.0866. The molecule has 0 radical (unpaired) electrons. The van der Waals surface area contributed by atoms with Crippen molar-refractivity contribution in [2.45, 2.75) is 23.5 Å². The maximum Gasteiger partial charge on any atom is 0.236 e. The number of ether oxygens (including phenoxy) is 1. The smallest absolute Gasteiger partial charge is 0.236 e. The van der Waals surface area contributed by atoms with Crippen molar-refractivity contribution in [2.75, 3.05) is 31.6 Å². The Morgan fingerprint density at radius 1 is 1.21 bits per heavy atom. The van der Waals surface area contributed by atoms with Gasteiger partial charge in [0.2, 0.25) is 11.9 Å². The zero-order valence-corrected chi connectivity index (χ0v) is 17.0. The number of carbonyl (C=O) groups is 1. The first-order valence-corrected chi connectivity index (χ1v) is 10.7. The van der Waals surface area contributed by atoms with Crippen molar-refractivity contribution >= 4 is 40.2 Å². The predicted octanol–water partition coefficient (Wildman–Crippen LogP) is 3.56. The minimum Gasteiger partial charge on any atom is -0.378 e. The van der Waals surface area contributed by atoms with Crippen molar-refractivity contribution in [1.29, 1.82) is 0 Å². The molecule has 0 spiro atoms. The fourth-order valence-corrected chi connectivity index (χ4v) is 5.12. The largest absolute Gasteiger partial charge is 0.378 e. The summed E-state index contributed by atoms with van der Waals surface area (Å²) in [5.74, 6) is 0.781. The Balaban J connectivity index is 1.43. The number of anilines is 2. The van der Waals surface area contributed by atoms with Crippen LogP contribution >= 0.6 is 11.8 Å². The Hall–Kier alpha value is -2.64. The fourth-order valence-electron chi connectivity index (χ4n) is 3.84. The van der Waals surface area contributed by atoms with E-state index in [-0.39, 0.29) is 11.2 Å². The van der Waals surface area contributed by atoms with E-state index in [1.54, 1.807) is 11.8 Å². The molecule has 3 heterocycles. The van der Waals surface area contributed by atoms with Crippen molar-refractivity contribution < 1.29 is 9.53 Å². The molecule has 1 amide bonds. The van der Waals surface area contributed by atoms with E-state index in [4.69, 9.17) is 9.72 Å². The van der Waals surface area contributed by atoms with Crippen molar-refractivity contribution in [3.8, 4) is 0 Å². The van der Waals surface area contributed by atoms with Crippen LogP contribution < -0.4 is 5.32 Å². The first kappa shape index (κ1) is 18.4. The number of nitrogens with zero attached hydrogens (tertiary/aromatic N) is 3. The first-order valence-electron chi connectivity index (χ1n) is 9.83. The quantitative estimate of drug-likeness (QED) is 0.717. The lowest BCUT2D eigenvalue weighted by Gasteiger charge is -2.28. The number of fused-ring (bicyclic) bond motifs is 3. The monoisotopic (exact) mass is 406 g/mol. The molecule has 1 aromatic heterocycles. The SMILES string of the molecule is Cc1ccccc1Nc1ncc2ccc3c(c2n1)CC(C(=O)N1CCOCC1)S3. The van der Waals surface area contributed by atoms with Crippen molar-refractivity contribution in [1.82, 2.24) is 14.9 Å². The lowest BCUT2D eigenvalue weighted by atomic mass is 10.1. The number of rotatable bonds is 3. The van der Waals surface area contributed by atoms with Gasteiger partial charge in [0.25, 0.3) is 0 Å². The Bertz CT molecular complexity index is 1080. The van der Waals surface area contributed by atoms with E-state index in [9.17, 15) is 4.79 Å². The molecule has 1 N–H and O–H groups in total. The number of carbonyl (C=O) groups excluding carboxylic acids is 1. The van der Waals surface area contributed by atoms with Gasteiger partial charge in [0.05, 0.1) is 24.0 Å². The van der Waals surface area contributed by atoms with Crippen molar-refractivity contribution in [2.24, 2.45) is 0 Å². The van der Waals surface area contributed by atoms with E-state index in [1.807, 2.05) is 35.4 Å². The van der Waals surface area contributed by atoms with Crippen molar-refractivity contribution in [3.63, 3.8) is 0 Å². The van der Waals surface area contributed by atoms with E-state index >= 15 is 0 Å². The number of aryl methyl sites for hydroxylation is 1. The predicted molar refractivity (Wildman–Crippen MR) is 115 cm³/mol. The second kappa shape index (κ2) is 7.65. The molecule has 1 fully saturated rings. The number of hydrogen-bond donors (Lipinski definition) is 1. The molecule has 148 valence electrons. The summed E-state index contributed by atoms with van der Waals surface area (Å²) in [4.78, 5) is 25.3. The van der Waals surface area contributed by atoms with Gasteiger partial charge in [-0.2, -0.15) is 0 Å². The van der Waals surface area contributed by atoms with Crippen LogP contribution in [-0.2, 0) is 16.0 Å². The van der Waals surface area contributed by atoms with Gasteiger partial charge in [0, 0.05) is 35.3 Å². The second-order valence-electron chi connectivity index (χ2n) is 7.36. The summed E-state index contributed by atoms with van der Waals surface area (Å²) in [6.07, 6.45) is 2.55. The van der Waals surface area contributed by atoms with E-state index < -0.39 is 0 Å². The average Bonchev–Trinajstić information content (AvgIpc) is 3.20. The van der Waals surface area contributed by atoms with Crippen LogP contribution in [0.5, 0.6) is 0 Å². The summed E-state index contributed by atoms with van der Waals surface area (Å²) in [5.41, 5.74) is 4.21. The van der Waals surface area contributed by atoms with Gasteiger partial charge in [-0.3, -0.25) is 4.79 Å². The van der Waals surface area contributed by atoms with Crippen LogP contribution in [0.25, 0.3) is 10.9 Å². The Kier molecular flexibility index (Phi) is 4.85. The summed E-state index contributed by atoms with van der Waals surface area (Å²) in [6.45, 7) is 4.67. The van der Waals surface area contributed by atoms with E-state index in [0.717, 1.165) is 32.6 Å². The molecule has 0 bridgehead atoms. The molecular formula is C22H22N4O2S. The maximum absolute atomic E-state index is 13.0. The number of benzene rings is 2. The lowest BCUT2D eigenvalue weighted by molar-refractivity contribution is -0.134. The number of aromatic nitrogens is 2. The van der Waals surface area contributed by atoms with Crippen LogP contribution in [0.15, 0.2) is 47.5 Å². The van der Waals surface area contributed by atoms with Crippen LogP contribution in [0.2, 0.25) is 0 Å². The second-order valence-corrected chi connectivity index (χ2v) is 8.61. The normalized spacial score (nSPS) is 18.7. The highest BCUT2D eigenvalue weighted by Gasteiger charge is 2.33. The lowest BCUT2D eigenvalue weighted by Crippen LogP contribution is -2.44. The molecule has 29 heavy (non-hydrogen) atoms. The van der Waals surface area contributed by atoms with Crippen LogP contribution in [0.1, 0.15) is 11.1 Å². The zero-order valence-electron chi connectivity index (χ0n) is 16.2. The van der Waals surface area contributed by atoms with Gasteiger partial charge in [0.1, 0.15) is 0 Å². The third kappa shape index (κ3) is 3.56. The molecule has 7 heteroatoms. The number of nitrogens with one attached hydrogen (secondary N) is 1.